The second kappa shape index (κ2) is 12.4. The molecule has 3 heterocycles. The maximum absolute atomic E-state index is 10.7. The Morgan fingerprint density at radius 3 is 1.61 bits per heavy atom. The summed E-state index contributed by atoms with van der Waals surface area (Å²) in [6.45, 7) is 7.64. The predicted octanol–water partition coefficient (Wildman–Crippen LogP) is 11.5. The lowest BCUT2D eigenvalue weighted by molar-refractivity contribution is 1.07. The van der Waals surface area contributed by atoms with Gasteiger partial charge in [0.25, 0.3) is 0 Å². The van der Waals surface area contributed by atoms with Crippen molar-refractivity contribution in [3.63, 3.8) is 0 Å². The van der Waals surface area contributed by atoms with E-state index in [0.29, 0.717) is 28.7 Å². The molecule has 3 aromatic heterocycles. The van der Waals surface area contributed by atoms with E-state index in [2.05, 4.69) is 74.6 Å². The van der Waals surface area contributed by atoms with E-state index in [1.54, 1.807) is 0 Å². The molecule has 7 heteroatoms. The van der Waals surface area contributed by atoms with Crippen LogP contribution in [0.3, 0.4) is 0 Å². The molecule has 0 amide bonds. The molecule has 0 spiro atoms. The third kappa shape index (κ3) is 4.85. The fraction of sp³-hybridized carbons (Fsp3) is 0. The number of aromatic nitrogens is 5. The molecule has 0 fully saturated rings. The largest absolute Gasteiger partial charge is 0.310 e. The summed E-state index contributed by atoms with van der Waals surface area (Å²) in [6, 6.07) is 56.9. The number of hydrogen-bond donors (Lipinski definition) is 0. The van der Waals surface area contributed by atoms with Gasteiger partial charge in [-0.1, -0.05) is 109 Å². The summed E-state index contributed by atoms with van der Waals surface area (Å²) >= 11 is 0. The van der Waals surface area contributed by atoms with Crippen molar-refractivity contribution < 1.29 is 0 Å². The van der Waals surface area contributed by atoms with Crippen molar-refractivity contribution in [1.29, 1.82) is 5.26 Å². The lowest BCUT2D eigenvalue weighted by Gasteiger charge is -2.13. The van der Waals surface area contributed by atoms with Gasteiger partial charge in [0.1, 0.15) is 6.07 Å². The Morgan fingerprint density at radius 2 is 1.02 bits per heavy atom. The smallest absolute Gasteiger partial charge is 0.189 e. The standard InChI is InChI=1S/C47H27N7/c1-49-34-17-12-18-35(28-34)53-39-21-10-8-19-36(39)43-41(53)25-26-42-44(43)37-20-9-11-22-40(37)54(42)38-24-23-32(27-33(38)29-48)47-51-45(30-13-4-2-5-14-30)50-46(52-47)31-15-6-3-7-16-31/h2-28H. The molecule has 10 aromatic rings. The van der Waals surface area contributed by atoms with Crippen molar-refractivity contribution in [3.05, 3.63) is 181 Å². The highest BCUT2D eigenvalue weighted by atomic mass is 15.0. The molecular weight excluding hydrogens is 663 g/mol. The Bertz CT molecular complexity index is 3120. The lowest BCUT2D eigenvalue weighted by Crippen LogP contribution is -2.02. The Balaban J connectivity index is 1.20. The minimum Gasteiger partial charge on any atom is -0.310 e. The Hall–Kier alpha value is -7.87. The zero-order valence-corrected chi connectivity index (χ0v) is 28.7. The van der Waals surface area contributed by atoms with Gasteiger partial charge in [0.2, 0.25) is 0 Å². The van der Waals surface area contributed by atoms with Gasteiger partial charge in [0, 0.05) is 43.9 Å². The molecule has 7 nitrogen and oxygen atoms in total. The van der Waals surface area contributed by atoms with E-state index in [1.807, 2.05) is 109 Å². The van der Waals surface area contributed by atoms with Crippen molar-refractivity contribution >= 4 is 49.3 Å². The first-order valence-corrected chi connectivity index (χ1v) is 17.6. The second-order valence-corrected chi connectivity index (χ2v) is 13.1. The normalized spacial score (nSPS) is 11.3. The van der Waals surface area contributed by atoms with Gasteiger partial charge in [0.05, 0.1) is 39.9 Å². The Morgan fingerprint density at radius 1 is 0.481 bits per heavy atom. The van der Waals surface area contributed by atoms with Gasteiger partial charge in [-0.05, 0) is 54.6 Å². The number of fused-ring (bicyclic) bond motifs is 7. The highest BCUT2D eigenvalue weighted by molar-refractivity contribution is 6.29. The van der Waals surface area contributed by atoms with Crippen LogP contribution < -0.4 is 0 Å². The molecule has 7 aromatic carbocycles. The summed E-state index contributed by atoms with van der Waals surface area (Å²) < 4.78 is 4.43. The third-order valence-corrected chi connectivity index (χ3v) is 10.0. The number of nitriles is 1. The van der Waals surface area contributed by atoms with Crippen LogP contribution in [0.15, 0.2) is 164 Å². The minimum atomic E-state index is 0.491. The summed E-state index contributed by atoms with van der Waals surface area (Å²) in [5.41, 5.74) is 9.36. The highest BCUT2D eigenvalue weighted by Gasteiger charge is 2.22. The maximum atomic E-state index is 10.7. The van der Waals surface area contributed by atoms with Crippen molar-refractivity contribution in [2.45, 2.75) is 0 Å². The van der Waals surface area contributed by atoms with E-state index >= 15 is 0 Å². The Labute approximate surface area is 310 Å². The molecule has 250 valence electrons. The molecule has 0 saturated heterocycles. The number of nitrogens with zero attached hydrogens (tertiary/aromatic N) is 7. The van der Waals surface area contributed by atoms with E-state index < -0.39 is 0 Å². The molecule has 0 aliphatic rings. The van der Waals surface area contributed by atoms with Gasteiger partial charge < -0.3 is 9.13 Å². The van der Waals surface area contributed by atoms with Crippen molar-refractivity contribution in [2.75, 3.05) is 0 Å². The molecule has 0 bridgehead atoms. The molecule has 0 saturated carbocycles. The molecule has 0 aliphatic heterocycles. The van der Waals surface area contributed by atoms with Crippen molar-refractivity contribution in [2.24, 2.45) is 0 Å². The maximum Gasteiger partial charge on any atom is 0.189 e. The van der Waals surface area contributed by atoms with Gasteiger partial charge in [-0.2, -0.15) is 5.26 Å². The number of hydrogen-bond acceptors (Lipinski definition) is 4. The first-order chi connectivity index (χ1) is 26.7. The molecule has 10 rings (SSSR count). The SMILES string of the molecule is [C-]#[N+]c1cccc(-n2c3ccccc3c3c4c5ccccc5n(-c5ccc(-c6nc(-c7ccccc7)nc(-c7ccccc7)n6)cc5C#N)c4ccc32)c1. The molecule has 0 atom stereocenters. The average Bonchev–Trinajstić information content (AvgIpc) is 3.76. The van der Waals surface area contributed by atoms with E-state index in [0.717, 1.165) is 71.7 Å². The predicted molar refractivity (Wildman–Crippen MR) is 216 cm³/mol. The zero-order valence-electron chi connectivity index (χ0n) is 28.7. The zero-order chi connectivity index (χ0) is 36.2. The highest BCUT2D eigenvalue weighted by Crippen LogP contribution is 2.43. The van der Waals surface area contributed by atoms with Crippen molar-refractivity contribution in [1.82, 2.24) is 24.1 Å². The third-order valence-electron chi connectivity index (χ3n) is 10.0. The number of rotatable bonds is 5. The number of benzene rings is 7. The van der Waals surface area contributed by atoms with Crippen LogP contribution >= 0.6 is 0 Å². The summed E-state index contributed by atoms with van der Waals surface area (Å²) in [5, 5.41) is 15.2. The molecular formula is C47H27N7. The van der Waals surface area contributed by atoms with Crippen LogP contribution in [0, 0.1) is 17.9 Å². The van der Waals surface area contributed by atoms with Gasteiger partial charge >= 0.3 is 0 Å². The van der Waals surface area contributed by atoms with E-state index in [-0.39, 0.29) is 0 Å². The van der Waals surface area contributed by atoms with Gasteiger partial charge in [0.15, 0.2) is 23.2 Å². The van der Waals surface area contributed by atoms with Crippen LogP contribution in [-0.2, 0) is 0 Å². The van der Waals surface area contributed by atoms with Crippen LogP contribution in [0.5, 0.6) is 0 Å². The monoisotopic (exact) mass is 689 g/mol. The molecule has 0 unspecified atom stereocenters. The van der Waals surface area contributed by atoms with Gasteiger partial charge in [-0.3, -0.25) is 0 Å². The van der Waals surface area contributed by atoms with Gasteiger partial charge in [-0.25, -0.2) is 19.8 Å². The molecule has 54 heavy (non-hydrogen) atoms. The molecule has 0 N–H and O–H groups in total. The summed E-state index contributed by atoms with van der Waals surface area (Å²) in [6.07, 6.45) is 0. The first-order valence-electron chi connectivity index (χ1n) is 17.6. The van der Waals surface area contributed by atoms with Crippen LogP contribution in [-0.4, -0.2) is 24.1 Å². The number of para-hydroxylation sites is 2. The van der Waals surface area contributed by atoms with Crippen LogP contribution in [0.4, 0.5) is 5.69 Å². The molecule has 0 radical (unpaired) electrons. The quantitative estimate of drug-likeness (QED) is 0.169. The van der Waals surface area contributed by atoms with E-state index in [9.17, 15) is 5.26 Å². The first kappa shape index (κ1) is 30.9. The molecule has 0 aliphatic carbocycles. The van der Waals surface area contributed by atoms with E-state index in [4.69, 9.17) is 21.5 Å². The van der Waals surface area contributed by atoms with Crippen LogP contribution in [0.2, 0.25) is 0 Å². The lowest BCUT2D eigenvalue weighted by atomic mass is 10.1. The van der Waals surface area contributed by atoms with E-state index in [1.165, 1.54) is 0 Å². The minimum absolute atomic E-state index is 0.491. The topological polar surface area (TPSA) is 76.7 Å². The fourth-order valence-electron chi connectivity index (χ4n) is 7.65. The van der Waals surface area contributed by atoms with Crippen molar-refractivity contribution in [3.8, 4) is 51.6 Å². The van der Waals surface area contributed by atoms with Crippen LogP contribution in [0.25, 0.3) is 94.0 Å². The van der Waals surface area contributed by atoms with Gasteiger partial charge in [-0.15, -0.1) is 0 Å². The average molecular weight is 690 g/mol. The van der Waals surface area contributed by atoms with Crippen LogP contribution in [0.1, 0.15) is 5.56 Å². The summed E-state index contributed by atoms with van der Waals surface area (Å²) in [4.78, 5) is 18.4. The second-order valence-electron chi connectivity index (χ2n) is 13.1. The summed E-state index contributed by atoms with van der Waals surface area (Å²) in [7, 11) is 0. The Kier molecular flexibility index (Phi) is 7.11. The summed E-state index contributed by atoms with van der Waals surface area (Å²) in [5.74, 6) is 1.62. The fourth-order valence-corrected chi connectivity index (χ4v) is 7.65.